The molecule has 0 atom stereocenters. The fourth-order valence-corrected chi connectivity index (χ4v) is 1.81. The van der Waals surface area contributed by atoms with Gasteiger partial charge in [0.15, 0.2) is 5.82 Å². The predicted molar refractivity (Wildman–Crippen MR) is 67.1 cm³/mol. The van der Waals surface area contributed by atoms with Gasteiger partial charge in [-0.2, -0.15) is 4.98 Å². The van der Waals surface area contributed by atoms with Crippen molar-refractivity contribution in [1.82, 2.24) is 15.0 Å². The zero-order valence-corrected chi connectivity index (χ0v) is 10.2. The molecule has 0 aliphatic carbocycles. The van der Waals surface area contributed by atoms with Gasteiger partial charge in [0.2, 0.25) is 5.88 Å². The molecule has 2 rings (SSSR count). The van der Waals surface area contributed by atoms with Crippen LogP contribution in [0.4, 0.5) is 11.5 Å². The summed E-state index contributed by atoms with van der Waals surface area (Å²) >= 11 is 1.57. The van der Waals surface area contributed by atoms with Gasteiger partial charge < -0.3 is 15.8 Å². The van der Waals surface area contributed by atoms with Gasteiger partial charge in [-0.25, -0.2) is 4.98 Å². The zero-order chi connectivity index (χ0) is 12.1. The second-order valence-electron chi connectivity index (χ2n) is 3.20. The number of hydrogen-bond donors (Lipinski definition) is 2. The fraction of sp³-hybridized carbons (Fsp3) is 0.300. The zero-order valence-electron chi connectivity index (χ0n) is 9.38. The Labute approximate surface area is 103 Å². The smallest absolute Gasteiger partial charge is 0.242 e. The van der Waals surface area contributed by atoms with Crippen molar-refractivity contribution < 1.29 is 4.74 Å². The number of aromatic nitrogens is 3. The standard InChI is InChI=1S/C10H13N5OS/c1-2-16-10-8(11)9(14-5-15-10)13-4-7-3-12-6-17-7/h3,5-6H,2,4,11H2,1H3,(H,13,14,15). The average Bonchev–Trinajstić information content (AvgIpc) is 2.83. The van der Waals surface area contributed by atoms with Gasteiger partial charge in [0.1, 0.15) is 12.0 Å². The lowest BCUT2D eigenvalue weighted by Crippen LogP contribution is -2.07. The highest BCUT2D eigenvalue weighted by Gasteiger charge is 2.08. The van der Waals surface area contributed by atoms with Gasteiger partial charge in [0.25, 0.3) is 0 Å². The molecule has 17 heavy (non-hydrogen) atoms. The Morgan fingerprint density at radius 2 is 2.35 bits per heavy atom. The quantitative estimate of drug-likeness (QED) is 0.838. The van der Waals surface area contributed by atoms with Crippen molar-refractivity contribution in [2.24, 2.45) is 0 Å². The molecular formula is C10H13N5OS. The van der Waals surface area contributed by atoms with Crippen LogP contribution in [-0.4, -0.2) is 21.6 Å². The first-order valence-corrected chi connectivity index (χ1v) is 6.03. The maximum Gasteiger partial charge on any atom is 0.242 e. The molecule has 90 valence electrons. The van der Waals surface area contributed by atoms with Crippen molar-refractivity contribution in [2.75, 3.05) is 17.7 Å². The van der Waals surface area contributed by atoms with Crippen LogP contribution in [0.3, 0.4) is 0 Å². The summed E-state index contributed by atoms with van der Waals surface area (Å²) in [6.07, 6.45) is 3.23. The van der Waals surface area contributed by atoms with Crippen molar-refractivity contribution >= 4 is 22.8 Å². The van der Waals surface area contributed by atoms with Crippen LogP contribution in [0, 0.1) is 0 Å². The minimum absolute atomic E-state index is 0.411. The maximum atomic E-state index is 5.88. The molecule has 0 aromatic carbocycles. The van der Waals surface area contributed by atoms with Gasteiger partial charge >= 0.3 is 0 Å². The first kappa shape index (κ1) is 11.6. The second-order valence-corrected chi connectivity index (χ2v) is 4.17. The number of nitrogens with two attached hydrogens (primary N) is 1. The van der Waals surface area contributed by atoms with Crippen LogP contribution in [0.5, 0.6) is 5.88 Å². The largest absolute Gasteiger partial charge is 0.476 e. The van der Waals surface area contributed by atoms with Crippen LogP contribution in [-0.2, 0) is 6.54 Å². The third-order valence-electron chi connectivity index (χ3n) is 2.04. The number of ether oxygens (including phenoxy) is 1. The lowest BCUT2D eigenvalue weighted by atomic mass is 10.4. The molecule has 0 unspecified atom stereocenters. The van der Waals surface area contributed by atoms with E-state index < -0.39 is 0 Å². The van der Waals surface area contributed by atoms with Crippen LogP contribution in [0.2, 0.25) is 0 Å². The molecule has 0 fully saturated rings. The van der Waals surface area contributed by atoms with E-state index in [2.05, 4.69) is 20.3 Å². The van der Waals surface area contributed by atoms with Crippen molar-refractivity contribution in [1.29, 1.82) is 0 Å². The third kappa shape index (κ3) is 2.82. The SMILES string of the molecule is CCOc1ncnc(NCc2cncs2)c1N. The Bertz CT molecular complexity index is 474. The van der Waals surface area contributed by atoms with Crippen molar-refractivity contribution in [3.63, 3.8) is 0 Å². The molecule has 3 N–H and O–H groups in total. The van der Waals surface area contributed by atoms with E-state index in [0.29, 0.717) is 30.5 Å². The number of rotatable bonds is 5. The summed E-state index contributed by atoms with van der Waals surface area (Å²) in [5, 5.41) is 3.13. The lowest BCUT2D eigenvalue weighted by molar-refractivity contribution is 0.328. The molecule has 2 aromatic rings. The summed E-state index contributed by atoms with van der Waals surface area (Å²) in [4.78, 5) is 13.1. The van der Waals surface area contributed by atoms with E-state index in [-0.39, 0.29) is 0 Å². The number of nitrogens with one attached hydrogen (secondary N) is 1. The Balaban J connectivity index is 2.07. The Morgan fingerprint density at radius 3 is 3.06 bits per heavy atom. The van der Waals surface area contributed by atoms with Crippen molar-refractivity contribution in [3.05, 3.63) is 22.9 Å². The summed E-state index contributed by atoms with van der Waals surface area (Å²) < 4.78 is 5.29. The highest BCUT2D eigenvalue weighted by atomic mass is 32.1. The highest BCUT2D eigenvalue weighted by molar-refractivity contribution is 7.09. The molecule has 2 heterocycles. The Kier molecular flexibility index (Phi) is 3.71. The predicted octanol–water partition coefficient (Wildman–Crippen LogP) is 1.53. The van der Waals surface area contributed by atoms with Crippen LogP contribution in [0.15, 0.2) is 18.0 Å². The Hall–Kier alpha value is -1.89. The van der Waals surface area contributed by atoms with Crippen LogP contribution in [0.1, 0.15) is 11.8 Å². The Morgan fingerprint density at radius 1 is 1.47 bits per heavy atom. The number of nitrogens with zero attached hydrogens (tertiary/aromatic N) is 3. The molecule has 0 saturated carbocycles. The maximum absolute atomic E-state index is 5.88. The van der Waals surface area contributed by atoms with Gasteiger partial charge in [-0.15, -0.1) is 11.3 Å². The lowest BCUT2D eigenvalue weighted by Gasteiger charge is -2.10. The van der Waals surface area contributed by atoms with Crippen LogP contribution >= 0.6 is 11.3 Å². The third-order valence-corrected chi connectivity index (χ3v) is 2.82. The fourth-order valence-electron chi connectivity index (χ4n) is 1.27. The van der Waals surface area contributed by atoms with E-state index in [4.69, 9.17) is 10.5 Å². The van der Waals surface area contributed by atoms with Gasteiger partial charge in [0, 0.05) is 11.1 Å². The molecule has 0 spiro atoms. The molecule has 0 amide bonds. The van der Waals surface area contributed by atoms with E-state index in [1.165, 1.54) is 6.33 Å². The molecule has 0 bridgehead atoms. The number of hydrogen-bond acceptors (Lipinski definition) is 7. The van der Waals surface area contributed by atoms with E-state index in [9.17, 15) is 0 Å². The van der Waals surface area contributed by atoms with Crippen molar-refractivity contribution in [2.45, 2.75) is 13.5 Å². The molecular weight excluding hydrogens is 238 g/mol. The summed E-state index contributed by atoms with van der Waals surface area (Å²) in [5.74, 6) is 0.992. The van der Waals surface area contributed by atoms with Crippen LogP contribution in [0.25, 0.3) is 0 Å². The van der Waals surface area contributed by atoms with Gasteiger partial charge in [-0.1, -0.05) is 0 Å². The minimum atomic E-state index is 0.411. The van der Waals surface area contributed by atoms with Gasteiger partial charge in [-0.05, 0) is 6.92 Å². The average molecular weight is 251 g/mol. The van der Waals surface area contributed by atoms with E-state index in [1.54, 1.807) is 23.0 Å². The van der Waals surface area contributed by atoms with Crippen LogP contribution < -0.4 is 15.8 Å². The normalized spacial score (nSPS) is 10.2. The number of anilines is 2. The molecule has 0 aliphatic rings. The van der Waals surface area contributed by atoms with Gasteiger partial charge in [-0.3, -0.25) is 4.98 Å². The minimum Gasteiger partial charge on any atom is -0.476 e. The van der Waals surface area contributed by atoms with E-state index >= 15 is 0 Å². The highest BCUT2D eigenvalue weighted by Crippen LogP contribution is 2.24. The summed E-state index contributed by atoms with van der Waals surface area (Å²) in [7, 11) is 0. The monoisotopic (exact) mass is 251 g/mol. The first-order chi connectivity index (χ1) is 8.31. The topological polar surface area (TPSA) is 86.0 Å². The molecule has 6 nitrogen and oxygen atoms in total. The van der Waals surface area contributed by atoms with E-state index in [1.807, 2.05) is 6.92 Å². The number of thiazole rings is 1. The summed E-state index contributed by atoms with van der Waals surface area (Å²) in [6, 6.07) is 0. The molecule has 0 saturated heterocycles. The molecule has 2 aromatic heterocycles. The molecule has 7 heteroatoms. The van der Waals surface area contributed by atoms with E-state index in [0.717, 1.165) is 4.88 Å². The van der Waals surface area contributed by atoms with Gasteiger partial charge in [0.05, 0.1) is 18.7 Å². The van der Waals surface area contributed by atoms with Crippen molar-refractivity contribution in [3.8, 4) is 5.88 Å². The summed E-state index contributed by atoms with van der Waals surface area (Å²) in [6.45, 7) is 3.04. The molecule has 0 aliphatic heterocycles. The summed E-state index contributed by atoms with van der Waals surface area (Å²) in [5.41, 5.74) is 8.10. The second kappa shape index (κ2) is 5.44. The molecule has 0 radical (unpaired) electrons. The number of nitrogen functional groups attached to an aromatic ring is 1. The first-order valence-electron chi connectivity index (χ1n) is 5.15.